The normalized spacial score (nSPS) is 12.2. The van der Waals surface area contributed by atoms with E-state index in [2.05, 4.69) is 0 Å². The molecule has 1 heterocycles. The zero-order valence-electron chi connectivity index (χ0n) is 11.3. The van der Waals surface area contributed by atoms with Crippen molar-refractivity contribution in [1.29, 1.82) is 0 Å². The molecule has 2 aromatic carbocycles. The van der Waals surface area contributed by atoms with Gasteiger partial charge in [0.2, 0.25) is 5.91 Å². The fourth-order valence-corrected chi connectivity index (χ4v) is 2.50. The highest BCUT2D eigenvalue weighted by atomic mass is 16.1. The molecule has 3 rings (SSSR count). The number of carbonyl (C=O) groups is 2. The topological polar surface area (TPSA) is 65.1 Å². The molecular formula is C17H14N2O2. The summed E-state index contributed by atoms with van der Waals surface area (Å²) in [4.78, 5) is 22.9. The van der Waals surface area contributed by atoms with Gasteiger partial charge in [-0.3, -0.25) is 4.79 Å². The second-order valence-electron chi connectivity index (χ2n) is 4.85. The van der Waals surface area contributed by atoms with E-state index in [4.69, 9.17) is 5.73 Å². The minimum Gasteiger partial charge on any atom is -0.366 e. The molecule has 4 nitrogen and oxygen atoms in total. The Labute approximate surface area is 121 Å². The maximum absolute atomic E-state index is 11.6. The Morgan fingerprint density at radius 2 is 1.86 bits per heavy atom. The molecule has 0 bridgehead atoms. The van der Waals surface area contributed by atoms with Crippen molar-refractivity contribution >= 4 is 23.1 Å². The molecule has 0 aliphatic heterocycles. The van der Waals surface area contributed by atoms with Crippen LogP contribution in [0.25, 0.3) is 10.9 Å². The molecule has 0 aliphatic carbocycles. The first kappa shape index (κ1) is 13.1. The third kappa shape index (κ3) is 2.31. The lowest BCUT2D eigenvalue weighted by molar-refractivity contribution is -0.109. The maximum Gasteiger partial charge on any atom is 0.248 e. The van der Waals surface area contributed by atoms with Crippen LogP contribution < -0.4 is 5.73 Å². The zero-order valence-corrected chi connectivity index (χ0v) is 11.3. The molecule has 21 heavy (non-hydrogen) atoms. The smallest absolute Gasteiger partial charge is 0.248 e. The summed E-state index contributed by atoms with van der Waals surface area (Å²) in [7, 11) is 0. The molecule has 4 heteroatoms. The van der Waals surface area contributed by atoms with Gasteiger partial charge >= 0.3 is 0 Å². The predicted octanol–water partition coefficient (Wildman–Crippen LogP) is 2.53. The van der Waals surface area contributed by atoms with Crippen LogP contribution in [-0.2, 0) is 4.79 Å². The van der Waals surface area contributed by atoms with Crippen molar-refractivity contribution in [3.8, 4) is 0 Å². The van der Waals surface area contributed by atoms with Crippen LogP contribution in [-0.4, -0.2) is 16.8 Å². The van der Waals surface area contributed by atoms with E-state index in [1.165, 1.54) is 0 Å². The van der Waals surface area contributed by atoms with Gasteiger partial charge in [-0.2, -0.15) is 0 Å². The molecule has 104 valence electrons. The van der Waals surface area contributed by atoms with Gasteiger partial charge in [0.05, 0.1) is 0 Å². The van der Waals surface area contributed by atoms with Crippen LogP contribution in [0.3, 0.4) is 0 Å². The zero-order chi connectivity index (χ0) is 14.8. The van der Waals surface area contributed by atoms with E-state index in [1.54, 1.807) is 12.1 Å². The van der Waals surface area contributed by atoms with Gasteiger partial charge in [-0.1, -0.05) is 36.4 Å². The summed E-state index contributed by atoms with van der Waals surface area (Å²) in [5, 5.41) is 0.961. The van der Waals surface area contributed by atoms with Crippen LogP contribution in [0.2, 0.25) is 0 Å². The average molecular weight is 278 g/mol. The summed E-state index contributed by atoms with van der Waals surface area (Å²) >= 11 is 0. The van der Waals surface area contributed by atoms with Crippen molar-refractivity contribution in [3.05, 3.63) is 71.9 Å². The van der Waals surface area contributed by atoms with Crippen LogP contribution in [0.15, 0.2) is 60.8 Å². The number of nitrogens with two attached hydrogens (primary N) is 1. The number of aldehydes is 1. The molecule has 0 saturated heterocycles. The summed E-state index contributed by atoms with van der Waals surface area (Å²) < 4.78 is 1.85. The van der Waals surface area contributed by atoms with Crippen molar-refractivity contribution in [2.24, 2.45) is 5.73 Å². The van der Waals surface area contributed by atoms with Gasteiger partial charge in [-0.05, 0) is 29.1 Å². The van der Waals surface area contributed by atoms with Gasteiger partial charge in [0.1, 0.15) is 12.3 Å². The number of hydrogen-bond acceptors (Lipinski definition) is 2. The number of primary amides is 1. The summed E-state index contributed by atoms with van der Waals surface area (Å²) in [6.45, 7) is 0. The fourth-order valence-electron chi connectivity index (χ4n) is 2.50. The van der Waals surface area contributed by atoms with Crippen molar-refractivity contribution < 1.29 is 9.59 Å². The Morgan fingerprint density at radius 1 is 1.10 bits per heavy atom. The maximum atomic E-state index is 11.6. The lowest BCUT2D eigenvalue weighted by atomic mass is 10.1. The fraction of sp³-hybridized carbons (Fsp3) is 0.0588. The third-order valence-electron chi connectivity index (χ3n) is 3.58. The largest absolute Gasteiger partial charge is 0.366 e. The van der Waals surface area contributed by atoms with Crippen LogP contribution in [0.1, 0.15) is 22.0 Å². The lowest BCUT2D eigenvalue weighted by Gasteiger charge is -2.14. The van der Waals surface area contributed by atoms with Gasteiger partial charge in [0.15, 0.2) is 0 Å². The van der Waals surface area contributed by atoms with Crippen LogP contribution in [0, 0.1) is 0 Å². The van der Waals surface area contributed by atoms with Crippen molar-refractivity contribution in [2.75, 3.05) is 0 Å². The molecule has 0 aliphatic rings. The number of hydrogen-bond donors (Lipinski definition) is 1. The molecule has 1 unspecified atom stereocenters. The molecule has 1 atom stereocenters. The Hall–Kier alpha value is -2.88. The van der Waals surface area contributed by atoms with Crippen LogP contribution in [0.4, 0.5) is 0 Å². The van der Waals surface area contributed by atoms with E-state index in [9.17, 15) is 9.59 Å². The highest BCUT2D eigenvalue weighted by Crippen LogP contribution is 2.24. The first-order chi connectivity index (χ1) is 10.2. The Balaban J connectivity index is 2.16. The number of carbonyl (C=O) groups excluding carboxylic acids is 2. The molecule has 2 N–H and O–H groups in total. The van der Waals surface area contributed by atoms with Crippen LogP contribution >= 0.6 is 0 Å². The molecule has 0 spiro atoms. The summed E-state index contributed by atoms with van der Waals surface area (Å²) in [6, 6.07) is 16.2. The number of amides is 1. The molecule has 0 fully saturated rings. The van der Waals surface area contributed by atoms with Crippen molar-refractivity contribution in [3.63, 3.8) is 0 Å². The van der Waals surface area contributed by atoms with E-state index in [0.717, 1.165) is 22.8 Å². The van der Waals surface area contributed by atoms with E-state index in [-0.39, 0.29) is 0 Å². The quantitative estimate of drug-likeness (QED) is 0.745. The van der Waals surface area contributed by atoms with Gasteiger partial charge in [0, 0.05) is 17.3 Å². The number of nitrogens with zero attached hydrogens (tertiary/aromatic N) is 1. The second-order valence-corrected chi connectivity index (χ2v) is 4.85. The van der Waals surface area contributed by atoms with Gasteiger partial charge in [-0.25, -0.2) is 0 Å². The van der Waals surface area contributed by atoms with Crippen LogP contribution in [0.5, 0.6) is 0 Å². The number of rotatable bonds is 4. The van der Waals surface area contributed by atoms with E-state index < -0.39 is 11.9 Å². The first-order valence-electron chi connectivity index (χ1n) is 6.61. The predicted molar refractivity (Wildman–Crippen MR) is 81.1 cm³/mol. The standard InChI is InChI=1S/C17H14N2O2/c18-17(21)14-7-6-13-8-9-19(15(13)10-14)16(11-20)12-4-2-1-3-5-12/h1-11,16H,(H2,18,21). The van der Waals surface area contributed by atoms with E-state index in [1.807, 2.05) is 53.2 Å². The highest BCUT2D eigenvalue weighted by molar-refractivity contribution is 5.97. The monoisotopic (exact) mass is 278 g/mol. The van der Waals surface area contributed by atoms with Gasteiger partial charge in [-0.15, -0.1) is 0 Å². The summed E-state index contributed by atoms with van der Waals surface area (Å²) in [6.07, 6.45) is 2.74. The van der Waals surface area contributed by atoms with E-state index in [0.29, 0.717) is 5.56 Å². The van der Waals surface area contributed by atoms with Crippen molar-refractivity contribution in [1.82, 2.24) is 4.57 Å². The summed E-state index contributed by atoms with van der Waals surface area (Å²) in [5.41, 5.74) is 7.47. The molecular weight excluding hydrogens is 264 g/mol. The Kier molecular flexibility index (Phi) is 3.28. The molecule has 0 saturated carbocycles. The summed E-state index contributed by atoms with van der Waals surface area (Å²) in [5.74, 6) is -0.480. The van der Waals surface area contributed by atoms with E-state index >= 15 is 0 Å². The highest BCUT2D eigenvalue weighted by Gasteiger charge is 2.15. The molecule has 1 aromatic heterocycles. The lowest BCUT2D eigenvalue weighted by Crippen LogP contribution is -2.13. The van der Waals surface area contributed by atoms with Gasteiger partial charge in [0.25, 0.3) is 0 Å². The average Bonchev–Trinajstić information content (AvgIpc) is 2.92. The minimum absolute atomic E-state index is 0.424. The Bertz CT molecular complexity index is 806. The second kappa shape index (κ2) is 5.25. The number of aromatic nitrogens is 1. The number of fused-ring (bicyclic) bond motifs is 1. The van der Waals surface area contributed by atoms with Crippen molar-refractivity contribution in [2.45, 2.75) is 6.04 Å². The third-order valence-corrected chi connectivity index (χ3v) is 3.58. The number of benzene rings is 2. The molecule has 3 aromatic rings. The van der Waals surface area contributed by atoms with Gasteiger partial charge < -0.3 is 15.1 Å². The minimum atomic E-state index is -0.480. The Morgan fingerprint density at radius 3 is 2.52 bits per heavy atom. The molecule has 0 radical (unpaired) electrons. The molecule has 1 amide bonds. The first-order valence-corrected chi connectivity index (χ1v) is 6.61. The SMILES string of the molecule is NC(=O)c1ccc2ccn(C(C=O)c3ccccc3)c2c1.